The van der Waals surface area contributed by atoms with Crippen LogP contribution in [0.15, 0.2) is 35.3 Å². The van der Waals surface area contributed by atoms with Crippen molar-refractivity contribution in [2.45, 2.75) is 27.2 Å². The average Bonchev–Trinajstić information content (AvgIpc) is 2.90. The van der Waals surface area contributed by atoms with Crippen molar-refractivity contribution in [1.29, 1.82) is 0 Å². The molecule has 2 N–H and O–H groups in total. The molecule has 5 nitrogen and oxygen atoms in total. The van der Waals surface area contributed by atoms with Crippen molar-refractivity contribution in [2.75, 3.05) is 26.2 Å². The number of nitrogens with zero attached hydrogens (tertiary/aromatic N) is 2. The van der Waals surface area contributed by atoms with Crippen molar-refractivity contribution in [2.24, 2.45) is 4.99 Å². The van der Waals surface area contributed by atoms with Crippen LogP contribution in [0.2, 0.25) is 0 Å². The minimum atomic E-state index is 0.599. The molecule has 1 aromatic heterocycles. The van der Waals surface area contributed by atoms with E-state index < -0.39 is 0 Å². The Kier molecular flexibility index (Phi) is 7.55. The zero-order valence-electron chi connectivity index (χ0n) is 14.6. The van der Waals surface area contributed by atoms with E-state index in [0.29, 0.717) is 13.2 Å². The van der Waals surface area contributed by atoms with Gasteiger partial charge in [0, 0.05) is 24.4 Å². The van der Waals surface area contributed by atoms with Gasteiger partial charge in [0.25, 0.3) is 0 Å². The summed E-state index contributed by atoms with van der Waals surface area (Å²) in [6, 6.07) is 9.83. The maximum Gasteiger partial charge on any atom is 0.191 e. The summed E-state index contributed by atoms with van der Waals surface area (Å²) in [5, 5.41) is 7.68. The van der Waals surface area contributed by atoms with Crippen LogP contribution in [0.1, 0.15) is 22.5 Å². The first kappa shape index (κ1) is 18.3. The van der Waals surface area contributed by atoms with E-state index in [-0.39, 0.29) is 0 Å². The summed E-state index contributed by atoms with van der Waals surface area (Å²) >= 11 is 1.76. The van der Waals surface area contributed by atoms with Gasteiger partial charge in [0.05, 0.1) is 17.2 Å². The number of aromatic nitrogens is 1. The van der Waals surface area contributed by atoms with Crippen LogP contribution >= 0.6 is 11.3 Å². The van der Waals surface area contributed by atoms with Crippen LogP contribution < -0.4 is 15.4 Å². The lowest BCUT2D eigenvalue weighted by Gasteiger charge is -2.12. The Morgan fingerprint density at radius 2 is 2.00 bits per heavy atom. The molecular weight excluding hydrogens is 320 g/mol. The number of aryl methyl sites for hydroxylation is 2. The second kappa shape index (κ2) is 9.93. The Morgan fingerprint density at radius 1 is 1.21 bits per heavy atom. The van der Waals surface area contributed by atoms with Gasteiger partial charge >= 0.3 is 0 Å². The fraction of sp³-hybridized carbons (Fsp3) is 0.444. The lowest BCUT2D eigenvalue weighted by atomic mass is 10.3. The number of hydrogen-bond donors (Lipinski definition) is 2. The Balaban J connectivity index is 1.74. The molecule has 0 aliphatic heterocycles. The predicted octanol–water partition coefficient (Wildman–Crippen LogP) is 2.94. The van der Waals surface area contributed by atoms with E-state index in [0.717, 1.165) is 41.9 Å². The molecule has 2 aromatic rings. The fourth-order valence-corrected chi connectivity index (χ4v) is 3.20. The number of benzene rings is 1. The molecule has 0 saturated heterocycles. The Hall–Kier alpha value is -2.08. The van der Waals surface area contributed by atoms with E-state index in [4.69, 9.17) is 4.74 Å². The third-order valence-electron chi connectivity index (χ3n) is 3.36. The van der Waals surface area contributed by atoms with E-state index in [1.165, 1.54) is 4.88 Å². The number of para-hydroxylation sites is 1. The van der Waals surface area contributed by atoms with Crippen LogP contribution in [0.3, 0.4) is 0 Å². The van der Waals surface area contributed by atoms with Gasteiger partial charge in [-0.2, -0.15) is 0 Å². The van der Waals surface area contributed by atoms with E-state index in [1.54, 1.807) is 11.3 Å². The highest BCUT2D eigenvalue weighted by molar-refractivity contribution is 7.11. The highest BCUT2D eigenvalue weighted by Crippen LogP contribution is 2.17. The van der Waals surface area contributed by atoms with Crippen LogP contribution in [-0.4, -0.2) is 37.2 Å². The van der Waals surface area contributed by atoms with E-state index in [2.05, 4.69) is 34.5 Å². The van der Waals surface area contributed by atoms with E-state index in [9.17, 15) is 0 Å². The first-order chi connectivity index (χ1) is 11.7. The van der Waals surface area contributed by atoms with Gasteiger partial charge in [-0.3, -0.25) is 4.99 Å². The lowest BCUT2D eigenvalue weighted by Crippen LogP contribution is -2.39. The quantitative estimate of drug-likeness (QED) is 0.438. The highest BCUT2D eigenvalue weighted by atomic mass is 32.1. The summed E-state index contributed by atoms with van der Waals surface area (Å²) in [5.74, 6) is 1.71. The SMILES string of the molecule is CCNC(=NCCc1sc(C)nc1C)NCCOc1ccccc1. The maximum atomic E-state index is 5.67. The van der Waals surface area contributed by atoms with Crippen molar-refractivity contribution in [1.82, 2.24) is 15.6 Å². The number of thiazole rings is 1. The Morgan fingerprint density at radius 3 is 2.67 bits per heavy atom. The third kappa shape index (κ3) is 6.20. The van der Waals surface area contributed by atoms with E-state index >= 15 is 0 Å². The molecule has 0 spiro atoms. The largest absolute Gasteiger partial charge is 0.492 e. The summed E-state index contributed by atoms with van der Waals surface area (Å²) in [4.78, 5) is 10.4. The van der Waals surface area contributed by atoms with Gasteiger partial charge < -0.3 is 15.4 Å². The number of rotatable bonds is 8. The first-order valence-corrected chi connectivity index (χ1v) is 9.13. The van der Waals surface area contributed by atoms with Gasteiger partial charge in [0.1, 0.15) is 12.4 Å². The summed E-state index contributed by atoms with van der Waals surface area (Å²) < 4.78 is 5.67. The van der Waals surface area contributed by atoms with Crippen molar-refractivity contribution in [3.8, 4) is 5.75 Å². The molecule has 2 rings (SSSR count). The van der Waals surface area contributed by atoms with Crippen molar-refractivity contribution < 1.29 is 4.74 Å². The molecule has 0 amide bonds. The minimum Gasteiger partial charge on any atom is -0.492 e. The molecule has 1 heterocycles. The van der Waals surface area contributed by atoms with E-state index in [1.807, 2.05) is 37.3 Å². The topological polar surface area (TPSA) is 58.5 Å². The summed E-state index contributed by atoms with van der Waals surface area (Å²) in [7, 11) is 0. The molecule has 0 aliphatic rings. The number of ether oxygens (including phenoxy) is 1. The third-order valence-corrected chi connectivity index (χ3v) is 4.49. The molecule has 0 unspecified atom stereocenters. The molecular formula is C18H26N4OS. The fourth-order valence-electron chi connectivity index (χ4n) is 2.27. The molecule has 24 heavy (non-hydrogen) atoms. The molecule has 0 aliphatic carbocycles. The second-order valence-corrected chi connectivity index (χ2v) is 6.63. The van der Waals surface area contributed by atoms with Gasteiger partial charge in [0.2, 0.25) is 0 Å². The highest BCUT2D eigenvalue weighted by Gasteiger charge is 2.04. The zero-order chi connectivity index (χ0) is 17.2. The molecule has 130 valence electrons. The number of hydrogen-bond acceptors (Lipinski definition) is 4. The molecule has 1 aromatic carbocycles. The molecule has 0 atom stereocenters. The van der Waals surface area contributed by atoms with Crippen molar-refractivity contribution in [3.63, 3.8) is 0 Å². The first-order valence-electron chi connectivity index (χ1n) is 8.32. The molecule has 0 bridgehead atoms. The van der Waals surface area contributed by atoms with Gasteiger partial charge in [-0.25, -0.2) is 4.98 Å². The van der Waals surface area contributed by atoms with Crippen LogP contribution in [0, 0.1) is 13.8 Å². The van der Waals surface area contributed by atoms with Crippen LogP contribution in [0.4, 0.5) is 0 Å². The van der Waals surface area contributed by atoms with Crippen molar-refractivity contribution in [3.05, 3.63) is 45.9 Å². The molecule has 0 saturated carbocycles. The number of guanidine groups is 1. The standard InChI is InChI=1S/C18H26N4OS/c1-4-19-18(20-11-10-17-14(2)22-15(3)24-17)21-12-13-23-16-8-6-5-7-9-16/h5-9H,4,10-13H2,1-3H3,(H2,19,20,21). The summed E-state index contributed by atoms with van der Waals surface area (Å²) in [5.41, 5.74) is 1.13. The zero-order valence-corrected chi connectivity index (χ0v) is 15.4. The Labute approximate surface area is 148 Å². The molecule has 0 radical (unpaired) electrons. The van der Waals surface area contributed by atoms with Crippen LogP contribution in [0.25, 0.3) is 0 Å². The average molecular weight is 347 g/mol. The van der Waals surface area contributed by atoms with Gasteiger partial charge in [-0.15, -0.1) is 11.3 Å². The van der Waals surface area contributed by atoms with Gasteiger partial charge in [0.15, 0.2) is 5.96 Å². The number of aliphatic imine (C=N–C) groups is 1. The van der Waals surface area contributed by atoms with Gasteiger partial charge in [-0.05, 0) is 32.9 Å². The van der Waals surface area contributed by atoms with Gasteiger partial charge in [-0.1, -0.05) is 18.2 Å². The number of nitrogens with one attached hydrogen (secondary N) is 2. The van der Waals surface area contributed by atoms with Crippen LogP contribution in [0.5, 0.6) is 5.75 Å². The monoisotopic (exact) mass is 346 g/mol. The normalized spacial score (nSPS) is 11.4. The molecule has 0 fully saturated rings. The smallest absolute Gasteiger partial charge is 0.191 e. The Bertz CT molecular complexity index is 640. The molecule has 6 heteroatoms. The predicted molar refractivity (Wildman–Crippen MR) is 101 cm³/mol. The maximum absolute atomic E-state index is 5.67. The van der Waals surface area contributed by atoms with Crippen molar-refractivity contribution >= 4 is 17.3 Å². The summed E-state index contributed by atoms with van der Waals surface area (Å²) in [6.45, 7) is 9.06. The van der Waals surface area contributed by atoms with Crippen LogP contribution in [-0.2, 0) is 6.42 Å². The minimum absolute atomic E-state index is 0.599. The summed E-state index contributed by atoms with van der Waals surface area (Å²) in [6.07, 6.45) is 0.925. The lowest BCUT2D eigenvalue weighted by molar-refractivity contribution is 0.322. The second-order valence-electron chi connectivity index (χ2n) is 5.34.